The molecule has 7 nitrogen and oxygen atoms in total. The van der Waals surface area contributed by atoms with Gasteiger partial charge in [0.1, 0.15) is 25.2 Å². The summed E-state index contributed by atoms with van der Waals surface area (Å²) in [5.41, 5.74) is 6.32. The molecule has 0 radical (unpaired) electrons. The second kappa shape index (κ2) is 9.02. The Labute approximate surface area is 143 Å². The molecule has 2 aromatic rings. The molecule has 0 saturated heterocycles. The SMILES string of the molecule is NC(=O)C=NOCc1ccccc1COC(=O)Nc1ccccc1F. The van der Waals surface area contributed by atoms with Crippen molar-refractivity contribution in [3.8, 4) is 0 Å². The van der Waals surface area contributed by atoms with E-state index in [4.69, 9.17) is 15.3 Å². The van der Waals surface area contributed by atoms with Gasteiger partial charge in [0.2, 0.25) is 0 Å². The Kier molecular flexibility index (Phi) is 6.47. The molecular weight excluding hydrogens is 329 g/mol. The summed E-state index contributed by atoms with van der Waals surface area (Å²) in [7, 11) is 0. The van der Waals surface area contributed by atoms with Gasteiger partial charge in [-0.1, -0.05) is 41.6 Å². The van der Waals surface area contributed by atoms with E-state index in [9.17, 15) is 14.0 Å². The molecule has 0 heterocycles. The summed E-state index contributed by atoms with van der Waals surface area (Å²) in [5, 5.41) is 5.73. The largest absolute Gasteiger partial charge is 0.444 e. The van der Waals surface area contributed by atoms with Crippen molar-refractivity contribution in [3.63, 3.8) is 0 Å². The molecule has 0 saturated carbocycles. The Hall–Kier alpha value is -3.42. The van der Waals surface area contributed by atoms with Crippen LogP contribution < -0.4 is 11.1 Å². The molecule has 0 aromatic heterocycles. The van der Waals surface area contributed by atoms with Gasteiger partial charge < -0.3 is 15.3 Å². The lowest BCUT2D eigenvalue weighted by atomic mass is 10.1. The summed E-state index contributed by atoms with van der Waals surface area (Å²) in [6, 6.07) is 12.8. The summed E-state index contributed by atoms with van der Waals surface area (Å²) >= 11 is 0. The number of halogens is 1. The van der Waals surface area contributed by atoms with Crippen LogP contribution in [-0.2, 0) is 27.6 Å². The van der Waals surface area contributed by atoms with Crippen molar-refractivity contribution in [2.75, 3.05) is 5.32 Å². The van der Waals surface area contributed by atoms with E-state index in [0.29, 0.717) is 11.1 Å². The molecule has 2 aromatic carbocycles. The predicted molar refractivity (Wildman–Crippen MR) is 89.1 cm³/mol. The number of ether oxygens (including phenoxy) is 1. The Morgan fingerprint density at radius 1 is 1.08 bits per heavy atom. The number of carbonyl (C=O) groups excluding carboxylic acids is 2. The minimum absolute atomic E-state index is 0.0323. The zero-order chi connectivity index (χ0) is 18.1. The lowest BCUT2D eigenvalue weighted by Crippen LogP contribution is -2.15. The predicted octanol–water partition coefficient (Wildman–Crippen LogP) is 2.56. The lowest BCUT2D eigenvalue weighted by molar-refractivity contribution is -0.111. The van der Waals surface area contributed by atoms with Gasteiger partial charge in [0.05, 0.1) is 5.69 Å². The molecule has 0 aliphatic carbocycles. The number of primary amides is 1. The number of carbonyl (C=O) groups is 2. The van der Waals surface area contributed by atoms with E-state index in [1.54, 1.807) is 30.3 Å². The highest BCUT2D eigenvalue weighted by Crippen LogP contribution is 2.15. The van der Waals surface area contributed by atoms with Crippen LogP contribution >= 0.6 is 0 Å². The van der Waals surface area contributed by atoms with Crippen LogP contribution in [0.2, 0.25) is 0 Å². The maximum Gasteiger partial charge on any atom is 0.412 e. The average Bonchev–Trinajstić information content (AvgIpc) is 2.59. The molecule has 0 spiro atoms. The fraction of sp³-hybridized carbons (Fsp3) is 0.118. The van der Waals surface area contributed by atoms with E-state index < -0.39 is 17.8 Å². The Bertz CT molecular complexity index is 780. The maximum absolute atomic E-state index is 13.5. The zero-order valence-corrected chi connectivity index (χ0v) is 13.1. The number of anilines is 1. The third-order valence-corrected chi connectivity index (χ3v) is 3.06. The average molecular weight is 345 g/mol. The number of nitrogens with one attached hydrogen (secondary N) is 1. The third kappa shape index (κ3) is 5.94. The lowest BCUT2D eigenvalue weighted by Gasteiger charge is -2.10. The van der Waals surface area contributed by atoms with Gasteiger partial charge in [-0.25, -0.2) is 9.18 Å². The molecule has 0 bridgehead atoms. The van der Waals surface area contributed by atoms with Crippen molar-refractivity contribution >= 4 is 23.9 Å². The van der Waals surface area contributed by atoms with E-state index in [2.05, 4.69) is 10.5 Å². The number of hydrogen-bond acceptors (Lipinski definition) is 5. The molecule has 0 fully saturated rings. The molecule has 0 atom stereocenters. The van der Waals surface area contributed by atoms with E-state index in [1.807, 2.05) is 0 Å². The van der Waals surface area contributed by atoms with Crippen molar-refractivity contribution in [2.45, 2.75) is 13.2 Å². The van der Waals surface area contributed by atoms with Crippen molar-refractivity contribution < 1.29 is 23.6 Å². The Morgan fingerprint density at radius 2 is 1.72 bits per heavy atom. The molecule has 8 heteroatoms. The monoisotopic (exact) mass is 345 g/mol. The minimum atomic E-state index is -0.785. The smallest absolute Gasteiger partial charge is 0.412 e. The number of rotatable bonds is 7. The highest BCUT2D eigenvalue weighted by Gasteiger charge is 2.09. The minimum Gasteiger partial charge on any atom is -0.444 e. The number of hydrogen-bond donors (Lipinski definition) is 2. The molecule has 0 aliphatic heterocycles. The normalized spacial score (nSPS) is 10.4. The van der Waals surface area contributed by atoms with Crippen molar-refractivity contribution in [1.29, 1.82) is 0 Å². The van der Waals surface area contributed by atoms with Crippen LogP contribution in [0, 0.1) is 5.82 Å². The number of oxime groups is 1. The molecule has 130 valence electrons. The van der Waals surface area contributed by atoms with Gasteiger partial charge in [-0.3, -0.25) is 10.1 Å². The maximum atomic E-state index is 13.5. The number of benzene rings is 2. The second-order valence-corrected chi connectivity index (χ2v) is 4.86. The summed E-state index contributed by atoms with van der Waals surface area (Å²) in [6.07, 6.45) is 0.0635. The number of amides is 2. The van der Waals surface area contributed by atoms with E-state index in [1.165, 1.54) is 18.2 Å². The van der Waals surface area contributed by atoms with Crippen LogP contribution in [0.4, 0.5) is 14.9 Å². The molecular formula is C17H16FN3O4. The summed E-state index contributed by atoms with van der Waals surface area (Å²) in [5.74, 6) is -1.28. The Balaban J connectivity index is 1.91. The van der Waals surface area contributed by atoms with Crippen LogP contribution in [0.25, 0.3) is 0 Å². The van der Waals surface area contributed by atoms with Crippen LogP contribution in [-0.4, -0.2) is 18.2 Å². The van der Waals surface area contributed by atoms with Gasteiger partial charge in [0.15, 0.2) is 0 Å². The number of nitrogens with zero attached hydrogens (tertiary/aromatic N) is 1. The van der Waals surface area contributed by atoms with Crippen LogP contribution in [0.15, 0.2) is 53.7 Å². The highest BCUT2D eigenvalue weighted by molar-refractivity contribution is 6.25. The standard InChI is InChI=1S/C17H16FN3O4/c18-14-7-3-4-8-15(14)21-17(23)24-10-12-5-1-2-6-13(12)11-25-20-9-16(19)22/h1-9H,10-11H2,(H2,19,22)(H,21,23). The number of nitrogens with two attached hydrogens (primary N) is 1. The topological polar surface area (TPSA) is 103 Å². The van der Waals surface area contributed by atoms with Crippen LogP contribution in [0.1, 0.15) is 11.1 Å². The summed E-state index contributed by atoms with van der Waals surface area (Å²) < 4.78 is 18.6. The van der Waals surface area contributed by atoms with Gasteiger partial charge in [0, 0.05) is 0 Å². The zero-order valence-electron chi connectivity index (χ0n) is 13.1. The van der Waals surface area contributed by atoms with Crippen molar-refractivity contribution in [1.82, 2.24) is 0 Å². The first-order valence-electron chi connectivity index (χ1n) is 7.26. The molecule has 2 amide bonds. The second-order valence-electron chi connectivity index (χ2n) is 4.86. The quantitative estimate of drug-likeness (QED) is 0.594. The van der Waals surface area contributed by atoms with Crippen molar-refractivity contribution in [3.05, 3.63) is 65.5 Å². The molecule has 0 unspecified atom stereocenters. The van der Waals surface area contributed by atoms with Gasteiger partial charge in [0.25, 0.3) is 5.91 Å². The highest BCUT2D eigenvalue weighted by atomic mass is 19.1. The molecule has 25 heavy (non-hydrogen) atoms. The fourth-order valence-corrected chi connectivity index (χ4v) is 1.89. The summed E-state index contributed by atoms with van der Waals surface area (Å²) in [6.45, 7) is 0.0254. The number of para-hydroxylation sites is 1. The molecule has 3 N–H and O–H groups in total. The van der Waals surface area contributed by atoms with Crippen molar-refractivity contribution in [2.24, 2.45) is 10.9 Å². The first-order chi connectivity index (χ1) is 12.1. The first kappa shape index (κ1) is 17.9. The van der Waals surface area contributed by atoms with Gasteiger partial charge in [-0.2, -0.15) is 0 Å². The summed E-state index contributed by atoms with van der Waals surface area (Å²) in [4.78, 5) is 27.3. The van der Waals surface area contributed by atoms with E-state index in [0.717, 1.165) is 6.21 Å². The van der Waals surface area contributed by atoms with Crippen LogP contribution in [0.5, 0.6) is 0 Å². The third-order valence-electron chi connectivity index (χ3n) is 3.06. The van der Waals surface area contributed by atoms with Gasteiger partial charge >= 0.3 is 6.09 Å². The van der Waals surface area contributed by atoms with E-state index >= 15 is 0 Å². The first-order valence-corrected chi connectivity index (χ1v) is 7.26. The Morgan fingerprint density at radius 3 is 2.40 bits per heavy atom. The van der Waals surface area contributed by atoms with Gasteiger partial charge in [-0.15, -0.1) is 0 Å². The molecule has 0 aliphatic rings. The van der Waals surface area contributed by atoms with E-state index in [-0.39, 0.29) is 18.9 Å². The van der Waals surface area contributed by atoms with Crippen LogP contribution in [0.3, 0.4) is 0 Å². The van der Waals surface area contributed by atoms with Gasteiger partial charge in [-0.05, 0) is 23.3 Å². The fourth-order valence-electron chi connectivity index (χ4n) is 1.89. The molecule has 2 rings (SSSR count).